The number of halogens is 1. The predicted molar refractivity (Wildman–Crippen MR) is 103 cm³/mol. The van der Waals surface area contributed by atoms with E-state index in [0.29, 0.717) is 22.9 Å². The first-order valence-electron chi connectivity index (χ1n) is 7.72. The molecular formula is C18H13BrN6O. The average Bonchev–Trinajstić information content (AvgIpc) is 2.68. The van der Waals surface area contributed by atoms with Crippen LogP contribution in [0.5, 0.6) is 11.6 Å². The number of nitrogen functional groups attached to an aromatic ring is 1. The van der Waals surface area contributed by atoms with Crippen LogP contribution in [0.2, 0.25) is 0 Å². The number of pyridine rings is 2. The van der Waals surface area contributed by atoms with Gasteiger partial charge >= 0.3 is 0 Å². The molecule has 0 aliphatic carbocycles. The van der Waals surface area contributed by atoms with Crippen LogP contribution in [0.3, 0.4) is 0 Å². The van der Waals surface area contributed by atoms with Crippen molar-refractivity contribution in [3.05, 3.63) is 65.7 Å². The largest absolute Gasteiger partial charge is 0.435 e. The van der Waals surface area contributed by atoms with Crippen LogP contribution >= 0.6 is 15.9 Å². The van der Waals surface area contributed by atoms with Crippen LogP contribution in [-0.2, 0) is 0 Å². The summed E-state index contributed by atoms with van der Waals surface area (Å²) in [5, 5.41) is 3.99. The lowest BCUT2D eigenvalue weighted by atomic mass is 10.2. The number of nitrogens with one attached hydrogen (secondary N) is 1. The van der Waals surface area contributed by atoms with E-state index in [-0.39, 0.29) is 11.6 Å². The Labute approximate surface area is 157 Å². The summed E-state index contributed by atoms with van der Waals surface area (Å²) in [7, 11) is 0. The van der Waals surface area contributed by atoms with Crippen LogP contribution < -0.4 is 15.8 Å². The molecule has 0 aliphatic heterocycles. The second kappa shape index (κ2) is 6.93. The van der Waals surface area contributed by atoms with Crippen LogP contribution in [0.25, 0.3) is 10.9 Å². The maximum Gasteiger partial charge on any atom is 0.248 e. The van der Waals surface area contributed by atoms with Gasteiger partial charge in [-0.2, -0.15) is 4.98 Å². The second-order valence-electron chi connectivity index (χ2n) is 5.33. The Morgan fingerprint density at radius 2 is 1.81 bits per heavy atom. The SMILES string of the molecule is Nc1c(Nc2ccccn2)ncnc1Oc1ccc(Br)c2cccnc12. The third-order valence-electron chi connectivity index (χ3n) is 3.64. The molecule has 1 aromatic carbocycles. The third kappa shape index (κ3) is 3.14. The summed E-state index contributed by atoms with van der Waals surface area (Å²) in [4.78, 5) is 16.9. The Hall–Kier alpha value is -3.26. The molecule has 7 nitrogen and oxygen atoms in total. The molecule has 3 heterocycles. The van der Waals surface area contributed by atoms with Gasteiger partial charge in [0.05, 0.1) is 0 Å². The number of hydrogen-bond donors (Lipinski definition) is 2. The first kappa shape index (κ1) is 16.2. The Morgan fingerprint density at radius 3 is 2.65 bits per heavy atom. The van der Waals surface area contributed by atoms with Gasteiger partial charge in [0, 0.05) is 22.3 Å². The lowest BCUT2D eigenvalue weighted by molar-refractivity contribution is 0.469. The predicted octanol–water partition coefficient (Wildman–Crippen LogP) is 4.30. The maximum atomic E-state index is 6.18. The van der Waals surface area contributed by atoms with Crippen LogP contribution in [0, 0.1) is 0 Å². The Kier molecular flexibility index (Phi) is 4.32. The number of rotatable bonds is 4. The summed E-state index contributed by atoms with van der Waals surface area (Å²) in [6.45, 7) is 0. The van der Waals surface area contributed by atoms with Gasteiger partial charge in [0.25, 0.3) is 0 Å². The molecule has 0 amide bonds. The highest BCUT2D eigenvalue weighted by Crippen LogP contribution is 2.35. The Morgan fingerprint density at radius 1 is 0.923 bits per heavy atom. The highest BCUT2D eigenvalue weighted by atomic mass is 79.9. The smallest absolute Gasteiger partial charge is 0.248 e. The molecular weight excluding hydrogens is 396 g/mol. The minimum Gasteiger partial charge on any atom is -0.435 e. The first-order valence-corrected chi connectivity index (χ1v) is 8.51. The van der Waals surface area contributed by atoms with Crippen LogP contribution in [0.1, 0.15) is 0 Å². The van der Waals surface area contributed by atoms with E-state index in [1.54, 1.807) is 12.4 Å². The van der Waals surface area contributed by atoms with Gasteiger partial charge in [-0.3, -0.25) is 4.98 Å². The van der Waals surface area contributed by atoms with Crippen molar-refractivity contribution in [1.82, 2.24) is 19.9 Å². The van der Waals surface area contributed by atoms with Crippen LogP contribution in [0.4, 0.5) is 17.3 Å². The lowest BCUT2D eigenvalue weighted by Crippen LogP contribution is -2.04. The summed E-state index contributed by atoms with van der Waals surface area (Å²) in [6, 6.07) is 13.0. The van der Waals surface area contributed by atoms with Gasteiger partial charge in [0.15, 0.2) is 11.6 Å². The van der Waals surface area contributed by atoms with Gasteiger partial charge < -0.3 is 15.8 Å². The topological polar surface area (TPSA) is 98.8 Å². The summed E-state index contributed by atoms with van der Waals surface area (Å²) >= 11 is 3.52. The highest BCUT2D eigenvalue weighted by molar-refractivity contribution is 9.10. The molecule has 3 N–H and O–H groups in total. The quantitative estimate of drug-likeness (QED) is 0.519. The first-order chi connectivity index (χ1) is 12.7. The maximum absolute atomic E-state index is 6.18. The van der Waals surface area contributed by atoms with Gasteiger partial charge in [-0.15, -0.1) is 0 Å². The van der Waals surface area contributed by atoms with Crippen molar-refractivity contribution >= 4 is 44.2 Å². The summed E-state index contributed by atoms with van der Waals surface area (Å²) in [6.07, 6.45) is 4.77. The molecule has 3 aromatic heterocycles. The normalized spacial score (nSPS) is 10.7. The molecule has 4 rings (SSSR count). The van der Waals surface area contributed by atoms with E-state index in [4.69, 9.17) is 10.5 Å². The minimum absolute atomic E-state index is 0.243. The number of fused-ring (bicyclic) bond motifs is 1. The summed E-state index contributed by atoms with van der Waals surface area (Å²) in [5.41, 5.74) is 7.17. The fraction of sp³-hybridized carbons (Fsp3) is 0. The van der Waals surface area contributed by atoms with Gasteiger partial charge in [0.1, 0.15) is 23.3 Å². The van der Waals surface area contributed by atoms with Gasteiger partial charge in [-0.05, 0) is 30.3 Å². The van der Waals surface area contributed by atoms with Crippen molar-refractivity contribution in [3.8, 4) is 11.6 Å². The van der Waals surface area contributed by atoms with Crippen molar-refractivity contribution in [1.29, 1.82) is 0 Å². The molecule has 0 radical (unpaired) electrons. The molecule has 0 fully saturated rings. The molecule has 0 saturated heterocycles. The van der Waals surface area contributed by atoms with E-state index in [1.165, 1.54) is 6.33 Å². The monoisotopic (exact) mass is 408 g/mol. The molecule has 8 heteroatoms. The van der Waals surface area contributed by atoms with E-state index in [9.17, 15) is 0 Å². The van der Waals surface area contributed by atoms with Gasteiger partial charge in [-0.1, -0.05) is 28.1 Å². The van der Waals surface area contributed by atoms with Gasteiger partial charge in [-0.25, -0.2) is 9.97 Å². The molecule has 0 spiro atoms. The van der Waals surface area contributed by atoms with E-state index in [0.717, 1.165) is 9.86 Å². The van der Waals surface area contributed by atoms with Crippen molar-refractivity contribution in [3.63, 3.8) is 0 Å². The van der Waals surface area contributed by atoms with Crippen molar-refractivity contribution in [2.24, 2.45) is 0 Å². The fourth-order valence-electron chi connectivity index (χ4n) is 2.42. The molecule has 4 aromatic rings. The number of nitrogens with zero attached hydrogens (tertiary/aromatic N) is 4. The van der Waals surface area contributed by atoms with E-state index < -0.39 is 0 Å². The van der Waals surface area contributed by atoms with E-state index in [2.05, 4.69) is 41.2 Å². The molecule has 0 saturated carbocycles. The van der Waals surface area contributed by atoms with Crippen molar-refractivity contribution in [2.75, 3.05) is 11.1 Å². The minimum atomic E-state index is 0.243. The number of nitrogens with two attached hydrogens (primary N) is 1. The lowest BCUT2D eigenvalue weighted by Gasteiger charge is -2.12. The Bertz CT molecular complexity index is 1070. The van der Waals surface area contributed by atoms with Crippen LogP contribution in [-0.4, -0.2) is 19.9 Å². The summed E-state index contributed by atoms with van der Waals surface area (Å²) in [5.74, 6) is 1.84. The Balaban J connectivity index is 1.70. The molecule has 0 aliphatic rings. The molecule has 0 bridgehead atoms. The third-order valence-corrected chi connectivity index (χ3v) is 4.34. The molecule has 0 atom stereocenters. The summed E-state index contributed by atoms with van der Waals surface area (Å²) < 4.78 is 6.87. The molecule has 128 valence electrons. The zero-order valence-corrected chi connectivity index (χ0v) is 15.0. The van der Waals surface area contributed by atoms with Gasteiger partial charge in [0.2, 0.25) is 5.88 Å². The number of aromatic nitrogens is 4. The fourth-order valence-corrected chi connectivity index (χ4v) is 2.87. The average molecular weight is 409 g/mol. The number of ether oxygens (including phenoxy) is 1. The molecule has 26 heavy (non-hydrogen) atoms. The zero-order chi connectivity index (χ0) is 17.9. The van der Waals surface area contributed by atoms with Crippen molar-refractivity contribution in [2.45, 2.75) is 0 Å². The van der Waals surface area contributed by atoms with E-state index in [1.807, 2.05) is 42.5 Å². The standard InChI is InChI=1S/C18H13BrN6O/c19-12-6-7-13(16-11(12)4-3-9-22-16)26-18-15(20)17(23-10-24-18)25-14-5-1-2-8-21-14/h1-10H,20H2,(H,21,23,24,25). The number of benzene rings is 1. The highest BCUT2D eigenvalue weighted by Gasteiger charge is 2.14. The van der Waals surface area contributed by atoms with Crippen LogP contribution in [0.15, 0.2) is 65.7 Å². The number of hydrogen-bond acceptors (Lipinski definition) is 7. The van der Waals surface area contributed by atoms with Crippen molar-refractivity contribution < 1.29 is 4.74 Å². The zero-order valence-electron chi connectivity index (χ0n) is 13.4. The number of anilines is 3. The van der Waals surface area contributed by atoms with E-state index >= 15 is 0 Å². The molecule has 0 unspecified atom stereocenters. The second-order valence-corrected chi connectivity index (χ2v) is 6.18.